The van der Waals surface area contributed by atoms with E-state index in [1.165, 1.54) is 17.4 Å². The van der Waals surface area contributed by atoms with Gasteiger partial charge in [-0.25, -0.2) is 0 Å². The van der Waals surface area contributed by atoms with Crippen molar-refractivity contribution in [2.24, 2.45) is 0 Å². The first-order valence-corrected chi connectivity index (χ1v) is 4.45. The molecule has 1 atom stereocenters. The Kier molecular flexibility index (Phi) is 1.77. The van der Waals surface area contributed by atoms with Crippen LogP contribution in [0.5, 0.6) is 0 Å². The summed E-state index contributed by atoms with van der Waals surface area (Å²) in [6.07, 6.45) is 2.94. The summed E-state index contributed by atoms with van der Waals surface area (Å²) < 4.78 is 4.99. The van der Waals surface area contributed by atoms with Crippen LogP contribution < -0.4 is 5.32 Å². The first kappa shape index (κ1) is 9.05. The zero-order chi connectivity index (χ0) is 10.3. The molecule has 1 saturated heterocycles. The summed E-state index contributed by atoms with van der Waals surface area (Å²) in [5, 5.41) is 2.66. The summed E-state index contributed by atoms with van der Waals surface area (Å²) in [7, 11) is 0. The normalized spacial score (nSPS) is 29.3. The van der Waals surface area contributed by atoms with Gasteiger partial charge in [0.15, 0.2) is 0 Å². The highest BCUT2D eigenvalue weighted by molar-refractivity contribution is 6.00. The summed E-state index contributed by atoms with van der Waals surface area (Å²) in [5.74, 6) is -0.277. The van der Waals surface area contributed by atoms with Crippen molar-refractivity contribution in [3.05, 3.63) is 12.5 Å². The van der Waals surface area contributed by atoms with Crippen LogP contribution in [0.15, 0.2) is 12.5 Å². The molecule has 2 rings (SSSR count). The molecule has 1 fully saturated rings. The van der Waals surface area contributed by atoms with Crippen molar-refractivity contribution in [1.82, 2.24) is 10.2 Å². The van der Waals surface area contributed by atoms with Gasteiger partial charge in [0.05, 0.1) is 6.26 Å². The average Bonchev–Trinajstić information content (AvgIpc) is 2.14. The second-order valence-electron chi connectivity index (χ2n) is 3.96. The second-order valence-corrected chi connectivity index (χ2v) is 3.96. The molecule has 2 heterocycles. The van der Waals surface area contributed by atoms with Crippen LogP contribution in [-0.4, -0.2) is 34.9 Å². The lowest BCUT2D eigenvalue weighted by atomic mass is 9.97. The van der Waals surface area contributed by atoms with Gasteiger partial charge in [-0.2, -0.15) is 0 Å². The zero-order valence-corrected chi connectivity index (χ0v) is 8.11. The summed E-state index contributed by atoms with van der Waals surface area (Å²) in [5.41, 5.74) is -0.824. The van der Waals surface area contributed by atoms with Crippen LogP contribution in [0.4, 0.5) is 0 Å². The van der Waals surface area contributed by atoms with Crippen molar-refractivity contribution in [3.63, 3.8) is 0 Å². The van der Waals surface area contributed by atoms with E-state index in [2.05, 4.69) is 5.32 Å². The molecule has 0 aromatic rings. The van der Waals surface area contributed by atoms with Gasteiger partial charge >= 0.3 is 0 Å². The average molecular weight is 196 g/mol. The summed E-state index contributed by atoms with van der Waals surface area (Å²) in [6, 6.07) is -0.513. The molecule has 0 unspecified atom stereocenters. The van der Waals surface area contributed by atoms with Gasteiger partial charge in [-0.3, -0.25) is 14.5 Å². The predicted octanol–water partition coefficient (Wildman–Crippen LogP) is -0.407. The number of carbonyl (C=O) groups excluding carboxylic acids is 2. The number of hydrogen-bond donors (Lipinski definition) is 1. The van der Waals surface area contributed by atoms with E-state index in [0.29, 0.717) is 0 Å². The van der Waals surface area contributed by atoms with Gasteiger partial charge in [0, 0.05) is 6.20 Å². The van der Waals surface area contributed by atoms with Gasteiger partial charge in [-0.1, -0.05) is 0 Å². The number of carbonyl (C=O) groups is 2. The molecule has 0 saturated carbocycles. The largest absolute Gasteiger partial charge is 0.497 e. The van der Waals surface area contributed by atoms with E-state index in [1.807, 2.05) is 0 Å². The summed E-state index contributed by atoms with van der Waals surface area (Å²) in [6.45, 7) is 3.60. The van der Waals surface area contributed by atoms with Crippen LogP contribution in [0.25, 0.3) is 0 Å². The van der Waals surface area contributed by atoms with E-state index < -0.39 is 11.6 Å². The van der Waals surface area contributed by atoms with Crippen molar-refractivity contribution in [1.29, 1.82) is 0 Å². The maximum atomic E-state index is 11.8. The first-order chi connectivity index (χ1) is 6.52. The minimum Gasteiger partial charge on any atom is -0.497 e. The molecule has 0 aromatic heterocycles. The van der Waals surface area contributed by atoms with Crippen LogP contribution in [0.1, 0.15) is 13.8 Å². The minimum atomic E-state index is -0.824. The number of fused-ring (bicyclic) bond motifs is 1. The molecule has 1 N–H and O–H groups in total. The van der Waals surface area contributed by atoms with Crippen LogP contribution >= 0.6 is 0 Å². The van der Waals surface area contributed by atoms with Crippen molar-refractivity contribution in [3.8, 4) is 0 Å². The van der Waals surface area contributed by atoms with Crippen molar-refractivity contribution < 1.29 is 14.3 Å². The Morgan fingerprint density at radius 3 is 3.00 bits per heavy atom. The van der Waals surface area contributed by atoms with E-state index in [0.717, 1.165) is 0 Å². The van der Waals surface area contributed by atoms with E-state index >= 15 is 0 Å². The number of piperazine rings is 1. The van der Waals surface area contributed by atoms with E-state index in [-0.39, 0.29) is 18.4 Å². The van der Waals surface area contributed by atoms with E-state index in [4.69, 9.17) is 4.74 Å². The predicted molar refractivity (Wildman–Crippen MR) is 47.9 cm³/mol. The Morgan fingerprint density at radius 2 is 2.29 bits per heavy atom. The molecule has 0 spiro atoms. The number of amides is 2. The fraction of sp³-hybridized carbons (Fsp3) is 0.556. The van der Waals surface area contributed by atoms with Crippen molar-refractivity contribution in [2.75, 3.05) is 6.61 Å². The molecule has 2 aliphatic rings. The van der Waals surface area contributed by atoms with Crippen molar-refractivity contribution in [2.45, 2.75) is 25.4 Å². The Morgan fingerprint density at radius 1 is 1.57 bits per heavy atom. The summed E-state index contributed by atoms with van der Waals surface area (Å²) in [4.78, 5) is 24.8. The third-order valence-electron chi connectivity index (χ3n) is 2.42. The lowest BCUT2D eigenvalue weighted by Crippen LogP contribution is -2.68. The van der Waals surface area contributed by atoms with Crippen LogP contribution in [0.3, 0.4) is 0 Å². The van der Waals surface area contributed by atoms with Gasteiger partial charge in [0.25, 0.3) is 5.91 Å². The van der Waals surface area contributed by atoms with Gasteiger partial charge in [-0.15, -0.1) is 0 Å². The zero-order valence-electron chi connectivity index (χ0n) is 8.11. The highest BCUT2D eigenvalue weighted by Gasteiger charge is 2.45. The minimum absolute atomic E-state index is 0.110. The highest BCUT2D eigenvalue weighted by atomic mass is 16.5. The van der Waals surface area contributed by atoms with Crippen molar-refractivity contribution >= 4 is 11.8 Å². The third kappa shape index (κ3) is 1.16. The van der Waals surface area contributed by atoms with Gasteiger partial charge in [0.1, 0.15) is 18.2 Å². The van der Waals surface area contributed by atoms with Crippen LogP contribution in [0.2, 0.25) is 0 Å². The van der Waals surface area contributed by atoms with E-state index in [9.17, 15) is 9.59 Å². The molecule has 14 heavy (non-hydrogen) atoms. The number of nitrogens with one attached hydrogen (secondary N) is 1. The topological polar surface area (TPSA) is 58.6 Å². The maximum absolute atomic E-state index is 11.8. The quantitative estimate of drug-likeness (QED) is 0.573. The lowest BCUT2D eigenvalue weighted by Gasteiger charge is -2.41. The Bertz CT molecular complexity index is 322. The number of rotatable bonds is 0. The maximum Gasteiger partial charge on any atom is 0.252 e. The number of hydrogen-bond acceptors (Lipinski definition) is 3. The highest BCUT2D eigenvalue weighted by Crippen LogP contribution is 2.20. The molecule has 5 heteroatoms. The standard InChI is InChI=1S/C9H12N2O3/c1-9(2)8(13)11-3-4-14-5-6(11)7(12)10-9/h3-4,6H,5H2,1-2H3,(H,10,12)/t6-/m1/s1. The molecule has 76 valence electrons. The van der Waals surface area contributed by atoms with Crippen LogP contribution in [-0.2, 0) is 14.3 Å². The molecule has 2 amide bonds. The fourth-order valence-electron chi connectivity index (χ4n) is 1.62. The molecular formula is C9H12N2O3. The molecule has 0 aromatic carbocycles. The second kappa shape index (κ2) is 2.73. The summed E-state index contributed by atoms with van der Waals surface area (Å²) >= 11 is 0. The van der Waals surface area contributed by atoms with Gasteiger partial charge in [0.2, 0.25) is 5.91 Å². The number of nitrogens with zero attached hydrogens (tertiary/aromatic N) is 1. The Hall–Kier alpha value is -1.52. The third-order valence-corrected chi connectivity index (χ3v) is 2.42. The van der Waals surface area contributed by atoms with E-state index in [1.54, 1.807) is 13.8 Å². The SMILES string of the molecule is CC1(C)NC(=O)[C@H]2COC=CN2C1=O. The monoisotopic (exact) mass is 196 g/mol. The first-order valence-electron chi connectivity index (χ1n) is 4.45. The molecule has 5 nitrogen and oxygen atoms in total. The molecule has 0 aliphatic carbocycles. The van der Waals surface area contributed by atoms with Crippen LogP contribution in [0, 0.1) is 0 Å². The molecular weight excluding hydrogens is 184 g/mol. The lowest BCUT2D eigenvalue weighted by molar-refractivity contribution is -0.153. The smallest absolute Gasteiger partial charge is 0.252 e. The fourth-order valence-corrected chi connectivity index (χ4v) is 1.62. The molecule has 2 aliphatic heterocycles. The Balaban J connectivity index is 2.34. The van der Waals surface area contributed by atoms with Gasteiger partial charge < -0.3 is 10.1 Å². The van der Waals surface area contributed by atoms with Gasteiger partial charge in [-0.05, 0) is 13.8 Å². The Labute approximate surface area is 81.7 Å². The molecule has 0 bridgehead atoms. The number of ether oxygens (including phenoxy) is 1. The molecule has 0 radical (unpaired) electrons.